The molecule has 5 nitrogen and oxygen atoms in total. The van der Waals surface area contributed by atoms with Crippen molar-refractivity contribution in [2.45, 2.75) is 0 Å². The summed E-state index contributed by atoms with van der Waals surface area (Å²) < 4.78 is 0.632. The molecular weight excluding hydrogens is 148 g/mol. The van der Waals surface area contributed by atoms with Crippen LogP contribution >= 0.6 is 0 Å². The second kappa shape index (κ2) is 2.81. The molecule has 0 aliphatic carbocycles. The van der Waals surface area contributed by atoms with Crippen molar-refractivity contribution < 1.29 is 4.79 Å². The number of rotatable bonds is 1. The fourth-order valence-corrected chi connectivity index (χ4v) is 0.609. The Morgan fingerprint density at radius 2 is 2.27 bits per heavy atom. The van der Waals surface area contributed by atoms with Crippen molar-refractivity contribution in [3.63, 3.8) is 0 Å². The van der Waals surface area contributed by atoms with Crippen LogP contribution in [-0.2, 0) is 4.79 Å². The van der Waals surface area contributed by atoms with Gasteiger partial charge in [0.15, 0.2) is 0 Å². The van der Waals surface area contributed by atoms with Crippen LogP contribution in [0.25, 0.3) is 6.20 Å². The number of hydrogen-bond acceptors (Lipinski definition) is 3. The van der Waals surface area contributed by atoms with Crippen LogP contribution in [0.1, 0.15) is 0 Å². The third-order valence-corrected chi connectivity index (χ3v) is 1.07. The van der Waals surface area contributed by atoms with Crippen molar-refractivity contribution in [2.75, 3.05) is 0 Å². The molecule has 0 bridgehead atoms. The zero-order valence-corrected chi connectivity index (χ0v) is 5.40. The van der Waals surface area contributed by atoms with Crippen LogP contribution in [0, 0.1) is 0 Å². The summed E-state index contributed by atoms with van der Waals surface area (Å²) in [6, 6.07) is 1.13. The minimum Gasteiger partial charge on any atom is -0.314 e. The van der Waals surface area contributed by atoms with Crippen LogP contribution in [-0.4, -0.2) is 15.5 Å². The first-order valence-corrected chi connectivity index (χ1v) is 2.77. The first-order valence-electron chi connectivity index (χ1n) is 2.77. The van der Waals surface area contributed by atoms with Crippen LogP contribution < -0.4 is 11.2 Å². The Hall–Kier alpha value is -1.87. The smallest absolute Gasteiger partial charge is 0.314 e. The Labute approximate surface area is 60.6 Å². The maximum Gasteiger partial charge on any atom is 0.333 e. The number of hydrogen-bond donors (Lipinski definition) is 1. The van der Waals surface area contributed by atoms with E-state index in [9.17, 15) is 14.4 Å². The first kappa shape index (κ1) is 7.24. The topological polar surface area (TPSA) is 71.9 Å². The predicted octanol–water partition coefficient (Wildman–Crippen LogP) is -1.16. The Morgan fingerprint density at radius 3 is 2.82 bits per heavy atom. The third-order valence-electron chi connectivity index (χ3n) is 1.07. The van der Waals surface area contributed by atoms with E-state index in [1.807, 2.05) is 0 Å². The van der Waals surface area contributed by atoms with Crippen LogP contribution in [0.3, 0.4) is 0 Å². The van der Waals surface area contributed by atoms with Crippen molar-refractivity contribution in [1.29, 1.82) is 0 Å². The molecule has 0 fully saturated rings. The summed E-state index contributed by atoms with van der Waals surface area (Å²) in [4.78, 5) is 33.5. The summed E-state index contributed by atoms with van der Waals surface area (Å²) in [6.07, 6.45) is 1.95. The largest absolute Gasteiger partial charge is 0.333 e. The van der Waals surface area contributed by atoms with Crippen LogP contribution in [0.5, 0.6) is 0 Å². The minimum absolute atomic E-state index is 0.558. The number of nitrogens with one attached hydrogen (secondary N) is 1. The van der Waals surface area contributed by atoms with E-state index in [0.29, 0.717) is 4.57 Å². The fourth-order valence-electron chi connectivity index (χ4n) is 0.609. The molecule has 0 aliphatic rings. The molecule has 0 unspecified atom stereocenters. The third kappa shape index (κ3) is 1.33. The number of H-pyrrole nitrogens is 1. The number of aromatic nitrogens is 2. The van der Waals surface area contributed by atoms with Gasteiger partial charge in [0.25, 0.3) is 5.56 Å². The molecule has 0 atom stereocenters. The lowest BCUT2D eigenvalue weighted by Gasteiger charge is -1.89. The molecule has 56 valence electrons. The van der Waals surface area contributed by atoms with Crippen molar-refractivity contribution in [2.24, 2.45) is 0 Å². The van der Waals surface area contributed by atoms with Crippen molar-refractivity contribution in [3.8, 4) is 0 Å². The van der Waals surface area contributed by atoms with Crippen molar-refractivity contribution in [3.05, 3.63) is 33.1 Å². The van der Waals surface area contributed by atoms with E-state index >= 15 is 0 Å². The van der Waals surface area contributed by atoms with Crippen molar-refractivity contribution >= 4 is 12.1 Å². The summed E-state index contributed by atoms with van der Waals surface area (Å²) in [5.74, 6) is 1.33. The molecule has 0 radical (unpaired) electrons. The molecule has 0 aromatic carbocycles. The highest BCUT2D eigenvalue weighted by atomic mass is 16.2. The molecule has 1 heterocycles. The molecule has 1 aromatic heterocycles. The van der Waals surface area contributed by atoms with E-state index in [4.69, 9.17) is 0 Å². The molecule has 0 aliphatic heterocycles. The van der Waals surface area contributed by atoms with Gasteiger partial charge in [0.2, 0.25) is 0 Å². The normalized spacial score (nSPS) is 8.73. The van der Waals surface area contributed by atoms with Crippen molar-refractivity contribution in [1.82, 2.24) is 9.55 Å². The lowest BCUT2D eigenvalue weighted by atomic mass is 10.6. The molecule has 0 saturated heterocycles. The fraction of sp³-hybridized carbons (Fsp3) is 0. The van der Waals surface area contributed by atoms with Gasteiger partial charge in [-0.3, -0.25) is 4.79 Å². The average molecular weight is 152 g/mol. The Morgan fingerprint density at radius 1 is 1.55 bits per heavy atom. The first-order chi connectivity index (χ1) is 5.25. The second-order valence-electron chi connectivity index (χ2n) is 1.74. The van der Waals surface area contributed by atoms with Gasteiger partial charge in [0.1, 0.15) is 12.1 Å². The van der Waals surface area contributed by atoms with E-state index in [1.165, 1.54) is 12.1 Å². The molecule has 11 heavy (non-hydrogen) atoms. The van der Waals surface area contributed by atoms with E-state index in [-0.39, 0.29) is 0 Å². The van der Waals surface area contributed by atoms with Gasteiger partial charge in [-0.05, 0) is 0 Å². The summed E-state index contributed by atoms with van der Waals surface area (Å²) in [5.41, 5.74) is -1.21. The quantitative estimate of drug-likeness (QED) is 0.516. The van der Waals surface area contributed by atoms with Crippen LogP contribution in [0.4, 0.5) is 0 Å². The molecule has 1 N–H and O–H groups in total. The zero-order valence-electron chi connectivity index (χ0n) is 5.40. The lowest BCUT2D eigenvalue weighted by molar-refractivity contribution is 0.569. The van der Waals surface area contributed by atoms with E-state index < -0.39 is 11.2 Å². The van der Waals surface area contributed by atoms with E-state index in [2.05, 4.69) is 4.98 Å². The predicted molar refractivity (Wildman–Crippen MR) is 37.8 cm³/mol. The van der Waals surface area contributed by atoms with Gasteiger partial charge in [-0.25, -0.2) is 14.2 Å². The summed E-state index contributed by atoms with van der Waals surface area (Å²) in [7, 11) is 0. The standard InChI is InChI=1S/C6H4N2O3/c9-4-3-8-5(10)1-2-7-6(8)11/h1-3H,(H,7,11). The maximum absolute atomic E-state index is 10.8. The number of nitrogens with zero attached hydrogens (tertiary/aromatic N) is 1. The number of carbonyl (C=O) groups excluding carboxylic acids is 1. The average Bonchev–Trinajstić information content (AvgIpc) is 1.97. The Kier molecular flexibility index (Phi) is 1.85. The van der Waals surface area contributed by atoms with Gasteiger partial charge in [0, 0.05) is 12.3 Å². The van der Waals surface area contributed by atoms with Gasteiger partial charge >= 0.3 is 5.69 Å². The molecule has 5 heteroatoms. The highest BCUT2D eigenvalue weighted by Crippen LogP contribution is 1.65. The summed E-state index contributed by atoms with van der Waals surface area (Å²) in [5, 5.41) is 0. The van der Waals surface area contributed by atoms with Crippen LogP contribution in [0.2, 0.25) is 0 Å². The van der Waals surface area contributed by atoms with E-state index in [0.717, 1.165) is 12.3 Å². The molecule has 0 saturated carbocycles. The number of aromatic amines is 1. The Bertz CT molecular complexity index is 380. The van der Waals surface area contributed by atoms with Gasteiger partial charge < -0.3 is 4.98 Å². The maximum atomic E-state index is 10.8. The lowest BCUT2D eigenvalue weighted by Crippen LogP contribution is -2.30. The van der Waals surface area contributed by atoms with Gasteiger partial charge in [0.05, 0.1) is 0 Å². The van der Waals surface area contributed by atoms with Crippen LogP contribution in [0.15, 0.2) is 21.9 Å². The zero-order chi connectivity index (χ0) is 8.27. The summed E-state index contributed by atoms with van der Waals surface area (Å²) >= 11 is 0. The van der Waals surface area contributed by atoms with Gasteiger partial charge in [-0.15, -0.1) is 0 Å². The molecule has 0 amide bonds. The Balaban J connectivity index is 3.57. The molecule has 0 spiro atoms. The van der Waals surface area contributed by atoms with Gasteiger partial charge in [-0.2, -0.15) is 0 Å². The molecule has 1 aromatic rings. The highest BCUT2D eigenvalue weighted by molar-refractivity contribution is 5.63. The monoisotopic (exact) mass is 152 g/mol. The summed E-state index contributed by atoms with van der Waals surface area (Å²) in [6.45, 7) is 0. The second-order valence-corrected chi connectivity index (χ2v) is 1.74. The van der Waals surface area contributed by atoms with Gasteiger partial charge in [-0.1, -0.05) is 0 Å². The molecule has 1 rings (SSSR count). The highest BCUT2D eigenvalue weighted by Gasteiger charge is 1.93. The molecular formula is C6H4N2O3. The van der Waals surface area contributed by atoms with E-state index in [1.54, 1.807) is 0 Å². The minimum atomic E-state index is -0.652. The SMILES string of the molecule is O=C=Cn1c(=O)cc[nH]c1=O.